The monoisotopic (exact) mass is 369 g/mol. The second kappa shape index (κ2) is 7.41. The van der Waals surface area contributed by atoms with E-state index in [4.69, 9.17) is 23.1 Å². The number of nitrogens with zero attached hydrogens (tertiary/aromatic N) is 3. The predicted octanol–water partition coefficient (Wildman–Crippen LogP) is 1.41. The smallest absolute Gasteiger partial charge is 0.271 e. The van der Waals surface area contributed by atoms with Crippen LogP contribution in [0.15, 0.2) is 6.07 Å². The van der Waals surface area contributed by atoms with Gasteiger partial charge in [-0.1, -0.05) is 18.5 Å². The van der Waals surface area contributed by atoms with Gasteiger partial charge in [0.05, 0.1) is 5.69 Å². The molecule has 2 rings (SSSR count). The number of rotatable bonds is 7. The number of hydrogen-bond donors (Lipinski definition) is 4. The Bertz CT molecular complexity index is 780. The zero-order valence-electron chi connectivity index (χ0n) is 13.0. The van der Waals surface area contributed by atoms with Gasteiger partial charge in [-0.15, -0.1) is 0 Å². The SMILES string of the molecule is CCC(Nc1nc(Nc2cc(C)ns2)c(C(N)=O)nc1Cl)C(N)=O. The standard InChI is InChI=1S/C13H16ClN7O2S/c1-3-6(10(15)22)17-13-9(14)19-8(11(16)23)12(20-13)18-7-4-5(2)21-24-7/h4,6H,3H2,1-2H3,(H2,15,22)(H2,16,23)(H2,17,18,20). The molecule has 0 fully saturated rings. The third kappa shape index (κ3) is 4.09. The molecule has 0 aliphatic carbocycles. The molecule has 0 saturated heterocycles. The molecule has 1 unspecified atom stereocenters. The normalized spacial score (nSPS) is 11.8. The van der Waals surface area contributed by atoms with Gasteiger partial charge in [-0.2, -0.15) is 4.37 Å². The number of carbonyl (C=O) groups is 2. The van der Waals surface area contributed by atoms with Gasteiger partial charge in [-0.3, -0.25) is 9.59 Å². The zero-order valence-corrected chi connectivity index (χ0v) is 14.5. The van der Waals surface area contributed by atoms with Gasteiger partial charge in [0.2, 0.25) is 5.91 Å². The Morgan fingerprint density at radius 3 is 2.54 bits per heavy atom. The molecule has 1 atom stereocenters. The molecule has 0 bridgehead atoms. The molecule has 24 heavy (non-hydrogen) atoms. The lowest BCUT2D eigenvalue weighted by Gasteiger charge is -2.16. The Kier molecular flexibility index (Phi) is 5.52. The molecule has 2 amide bonds. The number of carbonyl (C=O) groups excluding carboxylic acids is 2. The van der Waals surface area contributed by atoms with Crippen molar-refractivity contribution in [2.75, 3.05) is 10.6 Å². The lowest BCUT2D eigenvalue weighted by Crippen LogP contribution is -2.35. The minimum atomic E-state index is -0.790. The molecule has 2 aromatic heterocycles. The second-order valence-corrected chi connectivity index (χ2v) is 6.05. The fourth-order valence-corrected chi connectivity index (χ4v) is 2.69. The van der Waals surface area contributed by atoms with E-state index in [1.807, 2.05) is 6.92 Å². The average Bonchev–Trinajstić information content (AvgIpc) is 2.91. The molecule has 2 heterocycles. The highest BCUT2D eigenvalue weighted by Gasteiger charge is 2.21. The van der Waals surface area contributed by atoms with Crippen LogP contribution in [0.2, 0.25) is 5.15 Å². The number of amides is 2. The van der Waals surface area contributed by atoms with Gasteiger partial charge in [0, 0.05) is 0 Å². The summed E-state index contributed by atoms with van der Waals surface area (Å²) in [5.74, 6) is -1.11. The van der Waals surface area contributed by atoms with Gasteiger partial charge in [-0.05, 0) is 30.9 Å². The number of nitrogens with two attached hydrogens (primary N) is 2. The molecule has 0 aliphatic rings. The molecule has 0 aromatic carbocycles. The Hall–Kier alpha value is -2.46. The number of anilines is 3. The maximum Gasteiger partial charge on any atom is 0.271 e. The van der Waals surface area contributed by atoms with Gasteiger partial charge >= 0.3 is 0 Å². The van der Waals surface area contributed by atoms with Gasteiger partial charge in [0.25, 0.3) is 5.91 Å². The van der Waals surface area contributed by atoms with Crippen LogP contribution in [-0.2, 0) is 4.79 Å². The summed E-state index contributed by atoms with van der Waals surface area (Å²) in [4.78, 5) is 31.1. The predicted molar refractivity (Wildman–Crippen MR) is 92.6 cm³/mol. The van der Waals surface area contributed by atoms with E-state index >= 15 is 0 Å². The highest BCUT2D eigenvalue weighted by molar-refractivity contribution is 7.10. The number of aryl methyl sites for hydroxylation is 1. The average molecular weight is 370 g/mol. The third-order valence-electron chi connectivity index (χ3n) is 3.02. The zero-order chi connectivity index (χ0) is 17.9. The van der Waals surface area contributed by atoms with Gasteiger partial charge in [0.1, 0.15) is 11.0 Å². The quantitative estimate of drug-likeness (QED) is 0.576. The summed E-state index contributed by atoms with van der Waals surface area (Å²) in [7, 11) is 0. The van der Waals surface area contributed by atoms with E-state index in [9.17, 15) is 9.59 Å². The molecule has 2 aromatic rings. The first-order chi connectivity index (χ1) is 11.3. The number of halogens is 1. The summed E-state index contributed by atoms with van der Waals surface area (Å²) in [5, 5.41) is 6.30. The third-order valence-corrected chi connectivity index (χ3v) is 4.08. The molecule has 0 radical (unpaired) electrons. The van der Waals surface area contributed by atoms with Crippen molar-refractivity contribution < 1.29 is 9.59 Å². The largest absolute Gasteiger partial charge is 0.368 e. The Morgan fingerprint density at radius 1 is 1.33 bits per heavy atom. The number of aromatic nitrogens is 3. The van der Waals surface area contributed by atoms with Crippen molar-refractivity contribution in [2.24, 2.45) is 11.5 Å². The van der Waals surface area contributed by atoms with Crippen molar-refractivity contribution in [2.45, 2.75) is 26.3 Å². The van der Waals surface area contributed by atoms with E-state index in [0.29, 0.717) is 11.4 Å². The minimum absolute atomic E-state index is 0.0884. The van der Waals surface area contributed by atoms with E-state index < -0.39 is 17.9 Å². The van der Waals surface area contributed by atoms with Crippen LogP contribution in [-0.4, -0.2) is 32.2 Å². The van der Waals surface area contributed by atoms with Crippen molar-refractivity contribution in [1.82, 2.24) is 14.3 Å². The highest BCUT2D eigenvalue weighted by Crippen LogP contribution is 2.27. The first kappa shape index (κ1) is 17.9. The topological polar surface area (TPSA) is 149 Å². The van der Waals surface area contributed by atoms with E-state index in [0.717, 1.165) is 5.69 Å². The van der Waals surface area contributed by atoms with Crippen molar-refractivity contribution in [1.29, 1.82) is 0 Å². The van der Waals surface area contributed by atoms with Crippen molar-refractivity contribution >= 4 is 51.6 Å². The summed E-state index contributed by atoms with van der Waals surface area (Å²) in [6, 6.07) is 1.10. The Labute approximate surface area is 147 Å². The number of primary amides is 2. The van der Waals surface area contributed by atoms with Gasteiger partial charge in [0.15, 0.2) is 22.5 Å². The van der Waals surface area contributed by atoms with Crippen LogP contribution in [0.4, 0.5) is 16.6 Å². The summed E-state index contributed by atoms with van der Waals surface area (Å²) in [6.07, 6.45) is 0.432. The summed E-state index contributed by atoms with van der Waals surface area (Å²) < 4.78 is 4.12. The van der Waals surface area contributed by atoms with E-state index in [1.54, 1.807) is 13.0 Å². The lowest BCUT2D eigenvalue weighted by molar-refractivity contribution is -0.118. The van der Waals surface area contributed by atoms with E-state index in [2.05, 4.69) is 25.0 Å². The maximum absolute atomic E-state index is 11.6. The van der Waals surface area contributed by atoms with Gasteiger partial charge < -0.3 is 22.1 Å². The molecule has 0 spiro atoms. The van der Waals surface area contributed by atoms with E-state index in [-0.39, 0.29) is 22.5 Å². The summed E-state index contributed by atoms with van der Waals surface area (Å²) in [5.41, 5.74) is 11.3. The van der Waals surface area contributed by atoms with Crippen LogP contribution in [0.1, 0.15) is 29.5 Å². The van der Waals surface area contributed by atoms with Crippen LogP contribution in [0.25, 0.3) is 0 Å². The second-order valence-electron chi connectivity index (χ2n) is 4.89. The van der Waals surface area contributed by atoms with Crippen LogP contribution in [0, 0.1) is 6.92 Å². The van der Waals surface area contributed by atoms with Crippen LogP contribution < -0.4 is 22.1 Å². The van der Waals surface area contributed by atoms with Crippen molar-refractivity contribution in [3.05, 3.63) is 22.6 Å². The maximum atomic E-state index is 11.6. The molecule has 11 heteroatoms. The van der Waals surface area contributed by atoms with Gasteiger partial charge in [-0.25, -0.2) is 9.97 Å². The molecule has 128 valence electrons. The van der Waals surface area contributed by atoms with Crippen molar-refractivity contribution in [3.63, 3.8) is 0 Å². The van der Waals surface area contributed by atoms with Crippen LogP contribution in [0.3, 0.4) is 0 Å². The molecular weight excluding hydrogens is 354 g/mol. The molecule has 0 aliphatic heterocycles. The first-order valence-corrected chi connectivity index (χ1v) is 8.10. The molecule has 6 N–H and O–H groups in total. The number of hydrogen-bond acceptors (Lipinski definition) is 8. The molecule has 0 saturated carbocycles. The summed E-state index contributed by atoms with van der Waals surface area (Å²) >= 11 is 7.21. The summed E-state index contributed by atoms with van der Waals surface area (Å²) in [6.45, 7) is 3.61. The van der Waals surface area contributed by atoms with Crippen LogP contribution in [0.5, 0.6) is 0 Å². The van der Waals surface area contributed by atoms with E-state index in [1.165, 1.54) is 11.5 Å². The Balaban J connectivity index is 2.41. The molecular formula is C13H16ClN7O2S. The van der Waals surface area contributed by atoms with Crippen LogP contribution >= 0.6 is 23.1 Å². The fourth-order valence-electron chi connectivity index (χ4n) is 1.84. The number of nitrogens with one attached hydrogen (secondary N) is 2. The lowest BCUT2D eigenvalue weighted by atomic mass is 10.2. The minimum Gasteiger partial charge on any atom is -0.368 e. The Morgan fingerprint density at radius 2 is 2.04 bits per heavy atom. The first-order valence-electron chi connectivity index (χ1n) is 6.95. The fraction of sp³-hybridized carbons (Fsp3) is 0.308. The highest BCUT2D eigenvalue weighted by atomic mass is 35.5. The molecule has 9 nitrogen and oxygen atoms in total. The van der Waals surface area contributed by atoms with Crippen molar-refractivity contribution in [3.8, 4) is 0 Å².